The van der Waals surface area contributed by atoms with Crippen molar-refractivity contribution >= 4 is 15.9 Å². The van der Waals surface area contributed by atoms with Crippen molar-refractivity contribution in [2.24, 2.45) is 12.8 Å². The zero-order chi connectivity index (χ0) is 14.0. The van der Waals surface area contributed by atoms with E-state index in [9.17, 15) is 0 Å². The molecule has 0 amide bonds. The van der Waals surface area contributed by atoms with E-state index < -0.39 is 0 Å². The normalized spacial score (nSPS) is 12.5. The fourth-order valence-corrected chi connectivity index (χ4v) is 2.34. The van der Waals surface area contributed by atoms with Crippen LogP contribution in [0.2, 0.25) is 0 Å². The maximum atomic E-state index is 5.97. The fourth-order valence-electron chi connectivity index (χ4n) is 1.96. The molecule has 4 nitrogen and oxygen atoms in total. The first kappa shape index (κ1) is 14.1. The molecular formula is C14H18BrN3O. The average Bonchev–Trinajstić information content (AvgIpc) is 2.66. The number of nitrogens with two attached hydrogens (primary N) is 1. The summed E-state index contributed by atoms with van der Waals surface area (Å²) in [6.45, 7) is 4.40. The van der Waals surface area contributed by atoms with Gasteiger partial charge < -0.3 is 10.5 Å². The van der Waals surface area contributed by atoms with E-state index in [1.165, 1.54) is 0 Å². The van der Waals surface area contributed by atoms with Gasteiger partial charge in [-0.15, -0.1) is 0 Å². The van der Waals surface area contributed by atoms with Crippen molar-refractivity contribution in [1.82, 2.24) is 9.78 Å². The quantitative estimate of drug-likeness (QED) is 0.940. The lowest BCUT2D eigenvalue weighted by molar-refractivity contribution is 0.290. The van der Waals surface area contributed by atoms with Crippen molar-refractivity contribution < 1.29 is 4.74 Å². The van der Waals surface area contributed by atoms with E-state index in [0.29, 0.717) is 6.61 Å². The summed E-state index contributed by atoms with van der Waals surface area (Å²) < 4.78 is 8.71. The van der Waals surface area contributed by atoms with Crippen molar-refractivity contribution in [2.75, 3.05) is 0 Å². The topological polar surface area (TPSA) is 53.1 Å². The van der Waals surface area contributed by atoms with E-state index in [4.69, 9.17) is 10.5 Å². The minimum Gasteiger partial charge on any atom is -0.487 e. The maximum Gasteiger partial charge on any atom is 0.130 e. The van der Waals surface area contributed by atoms with E-state index in [1.54, 1.807) is 0 Å². The molecule has 0 unspecified atom stereocenters. The number of halogens is 1. The molecule has 5 heteroatoms. The Morgan fingerprint density at radius 2 is 2.16 bits per heavy atom. The summed E-state index contributed by atoms with van der Waals surface area (Å²) in [4.78, 5) is 0. The summed E-state index contributed by atoms with van der Waals surface area (Å²) in [6.07, 6.45) is 0. The SMILES string of the molecule is Cc1cc(COc2ccc(Br)cc2[C@@H](C)N)n(C)n1. The molecule has 19 heavy (non-hydrogen) atoms. The smallest absolute Gasteiger partial charge is 0.130 e. The summed E-state index contributed by atoms with van der Waals surface area (Å²) in [7, 11) is 1.92. The van der Waals surface area contributed by atoms with E-state index in [2.05, 4.69) is 21.0 Å². The Bertz CT molecular complexity index is 578. The minimum atomic E-state index is -0.0687. The monoisotopic (exact) mass is 323 g/mol. The molecule has 2 N–H and O–H groups in total. The lowest BCUT2D eigenvalue weighted by Gasteiger charge is -2.14. The van der Waals surface area contributed by atoms with Crippen molar-refractivity contribution in [3.05, 3.63) is 45.7 Å². The van der Waals surface area contributed by atoms with Gasteiger partial charge in [-0.3, -0.25) is 4.68 Å². The van der Waals surface area contributed by atoms with Crippen LogP contribution in [0.1, 0.15) is 29.9 Å². The summed E-state index contributed by atoms with van der Waals surface area (Å²) in [6, 6.07) is 7.83. The zero-order valence-corrected chi connectivity index (χ0v) is 12.9. The van der Waals surface area contributed by atoms with E-state index in [1.807, 2.05) is 49.8 Å². The molecule has 0 saturated carbocycles. The van der Waals surface area contributed by atoms with Crippen molar-refractivity contribution in [3.8, 4) is 5.75 Å². The highest BCUT2D eigenvalue weighted by molar-refractivity contribution is 9.10. The van der Waals surface area contributed by atoms with Crippen LogP contribution in [-0.2, 0) is 13.7 Å². The van der Waals surface area contributed by atoms with Gasteiger partial charge in [0.15, 0.2) is 0 Å². The number of aromatic nitrogens is 2. The average molecular weight is 324 g/mol. The van der Waals surface area contributed by atoms with E-state index >= 15 is 0 Å². The number of benzene rings is 1. The summed E-state index contributed by atoms with van der Waals surface area (Å²) in [5, 5.41) is 4.30. The number of nitrogens with zero attached hydrogens (tertiary/aromatic N) is 2. The number of rotatable bonds is 4. The van der Waals surface area contributed by atoms with Gasteiger partial charge in [0.1, 0.15) is 12.4 Å². The Balaban J connectivity index is 2.17. The van der Waals surface area contributed by atoms with Crippen LogP contribution in [0.3, 0.4) is 0 Å². The van der Waals surface area contributed by atoms with Gasteiger partial charge in [0.25, 0.3) is 0 Å². The number of hydrogen-bond acceptors (Lipinski definition) is 3. The lowest BCUT2D eigenvalue weighted by Crippen LogP contribution is -2.09. The van der Waals surface area contributed by atoms with Crippen LogP contribution < -0.4 is 10.5 Å². The van der Waals surface area contributed by atoms with Crippen LogP contribution in [0.15, 0.2) is 28.7 Å². The van der Waals surface area contributed by atoms with Crippen LogP contribution >= 0.6 is 15.9 Å². The molecule has 0 radical (unpaired) electrons. The lowest BCUT2D eigenvalue weighted by atomic mass is 10.1. The Hall–Kier alpha value is -1.33. The predicted molar refractivity (Wildman–Crippen MR) is 79.0 cm³/mol. The Kier molecular flexibility index (Phi) is 4.27. The fraction of sp³-hybridized carbons (Fsp3) is 0.357. The Labute approximate surface area is 121 Å². The van der Waals surface area contributed by atoms with Gasteiger partial charge >= 0.3 is 0 Å². The van der Waals surface area contributed by atoms with Crippen LogP contribution in [0.25, 0.3) is 0 Å². The highest BCUT2D eigenvalue weighted by Gasteiger charge is 2.10. The molecule has 0 aliphatic rings. The van der Waals surface area contributed by atoms with Crippen molar-refractivity contribution in [2.45, 2.75) is 26.5 Å². The summed E-state index contributed by atoms with van der Waals surface area (Å²) in [5.41, 5.74) is 8.99. The molecule has 1 heterocycles. The molecule has 102 valence electrons. The van der Waals surface area contributed by atoms with E-state index in [0.717, 1.165) is 27.2 Å². The van der Waals surface area contributed by atoms with Crippen LogP contribution in [0.4, 0.5) is 0 Å². The molecule has 1 aromatic heterocycles. The maximum absolute atomic E-state index is 5.97. The second kappa shape index (κ2) is 5.75. The highest BCUT2D eigenvalue weighted by atomic mass is 79.9. The second-order valence-corrected chi connectivity index (χ2v) is 5.58. The Morgan fingerprint density at radius 3 is 2.74 bits per heavy atom. The van der Waals surface area contributed by atoms with Gasteiger partial charge in [-0.05, 0) is 38.1 Å². The Morgan fingerprint density at radius 1 is 1.42 bits per heavy atom. The third-order valence-corrected chi connectivity index (χ3v) is 3.43. The molecule has 0 saturated heterocycles. The van der Waals surface area contributed by atoms with Gasteiger partial charge in [0.2, 0.25) is 0 Å². The first-order chi connectivity index (χ1) is 8.97. The summed E-state index contributed by atoms with van der Waals surface area (Å²) >= 11 is 3.45. The first-order valence-corrected chi connectivity index (χ1v) is 6.94. The summed E-state index contributed by atoms with van der Waals surface area (Å²) in [5.74, 6) is 0.817. The van der Waals surface area contributed by atoms with Gasteiger partial charge in [-0.1, -0.05) is 15.9 Å². The first-order valence-electron chi connectivity index (χ1n) is 6.14. The standard InChI is InChI=1S/C14H18BrN3O/c1-9-6-12(18(3)17-9)8-19-14-5-4-11(15)7-13(14)10(2)16/h4-7,10H,8,16H2,1-3H3/t10-/m1/s1. The van der Waals surface area contributed by atoms with Crippen LogP contribution in [0, 0.1) is 6.92 Å². The van der Waals surface area contributed by atoms with Gasteiger partial charge in [-0.25, -0.2) is 0 Å². The molecule has 0 aliphatic heterocycles. The third-order valence-electron chi connectivity index (χ3n) is 2.94. The number of aryl methyl sites for hydroxylation is 2. The molecular weight excluding hydrogens is 306 g/mol. The highest BCUT2D eigenvalue weighted by Crippen LogP contribution is 2.28. The number of ether oxygens (including phenoxy) is 1. The predicted octanol–water partition coefficient (Wildman–Crippen LogP) is 3.09. The molecule has 0 fully saturated rings. The largest absolute Gasteiger partial charge is 0.487 e. The third kappa shape index (κ3) is 3.36. The molecule has 1 atom stereocenters. The molecule has 2 aromatic rings. The van der Waals surface area contributed by atoms with Crippen LogP contribution in [0.5, 0.6) is 5.75 Å². The van der Waals surface area contributed by atoms with Gasteiger partial charge in [0, 0.05) is 23.1 Å². The second-order valence-electron chi connectivity index (χ2n) is 4.66. The van der Waals surface area contributed by atoms with Gasteiger partial charge in [-0.2, -0.15) is 5.10 Å². The minimum absolute atomic E-state index is 0.0687. The molecule has 0 spiro atoms. The molecule has 0 aliphatic carbocycles. The molecule has 0 bridgehead atoms. The van der Waals surface area contributed by atoms with Crippen molar-refractivity contribution in [3.63, 3.8) is 0 Å². The van der Waals surface area contributed by atoms with E-state index in [-0.39, 0.29) is 6.04 Å². The number of hydrogen-bond donors (Lipinski definition) is 1. The van der Waals surface area contributed by atoms with Crippen molar-refractivity contribution in [1.29, 1.82) is 0 Å². The zero-order valence-electron chi connectivity index (χ0n) is 11.4. The molecule has 2 rings (SSSR count). The van der Waals surface area contributed by atoms with Crippen LogP contribution in [-0.4, -0.2) is 9.78 Å². The molecule has 1 aromatic carbocycles. The van der Waals surface area contributed by atoms with Gasteiger partial charge in [0.05, 0.1) is 11.4 Å².